The van der Waals surface area contributed by atoms with Crippen molar-refractivity contribution in [2.45, 2.75) is 52.4 Å². The van der Waals surface area contributed by atoms with E-state index in [1.165, 1.54) is 5.56 Å². The summed E-state index contributed by atoms with van der Waals surface area (Å²) in [6.07, 6.45) is 1.52. The summed E-state index contributed by atoms with van der Waals surface area (Å²) in [5.74, 6) is 0. The highest BCUT2D eigenvalue weighted by Crippen LogP contribution is 2.12. The summed E-state index contributed by atoms with van der Waals surface area (Å²) in [6, 6.07) is 10.3. The van der Waals surface area contributed by atoms with Crippen LogP contribution in [0.1, 0.15) is 39.2 Å². The number of hydrogen-bond donors (Lipinski definition) is 1. The van der Waals surface area contributed by atoms with Crippen LogP contribution in [0, 0.1) is 0 Å². The second-order valence-corrected chi connectivity index (χ2v) is 5.15. The number of rotatable bonds is 10. The number of likely N-dealkylation sites (N-methyl/N-ethyl adjacent to an activating group) is 1. The van der Waals surface area contributed by atoms with Gasteiger partial charge >= 0.3 is 0 Å². The minimum atomic E-state index is -0.310. The van der Waals surface area contributed by atoms with Gasteiger partial charge in [0, 0.05) is 0 Å². The van der Waals surface area contributed by atoms with Crippen LogP contribution in [0.3, 0.4) is 0 Å². The van der Waals surface area contributed by atoms with Crippen molar-refractivity contribution in [3.8, 4) is 0 Å². The lowest BCUT2D eigenvalue weighted by Gasteiger charge is -2.33. The molecule has 0 unspecified atom stereocenters. The van der Waals surface area contributed by atoms with Crippen LogP contribution < -0.4 is 0 Å². The van der Waals surface area contributed by atoms with E-state index in [-0.39, 0.29) is 12.1 Å². The molecule has 0 saturated heterocycles. The van der Waals surface area contributed by atoms with Crippen molar-refractivity contribution in [1.82, 2.24) is 4.90 Å². The number of hydrogen-bond acceptors (Lipinski definition) is 3. The summed E-state index contributed by atoms with van der Waals surface area (Å²) in [5.41, 5.74) is 1.18. The highest BCUT2D eigenvalue weighted by atomic mass is 16.5. The Bertz CT molecular complexity index is 338. The molecule has 1 N–H and O–H groups in total. The fourth-order valence-corrected chi connectivity index (χ4v) is 2.51. The SMILES string of the molecule is CCC[C@@H](O)[C@@H](COCc1ccccc1)N(CC)CC. The molecule has 3 heteroatoms. The Labute approximate surface area is 123 Å². The Morgan fingerprint density at radius 1 is 1.10 bits per heavy atom. The molecule has 0 heterocycles. The second kappa shape index (κ2) is 9.92. The summed E-state index contributed by atoms with van der Waals surface area (Å²) >= 11 is 0. The molecule has 1 aromatic rings. The van der Waals surface area contributed by atoms with Crippen LogP contribution in [0.15, 0.2) is 30.3 Å². The van der Waals surface area contributed by atoms with Crippen LogP contribution in [0.25, 0.3) is 0 Å². The molecule has 1 rings (SSSR count). The van der Waals surface area contributed by atoms with Gasteiger partial charge in [0.2, 0.25) is 0 Å². The highest BCUT2D eigenvalue weighted by Gasteiger charge is 2.23. The third-order valence-corrected chi connectivity index (χ3v) is 3.71. The molecular weight excluding hydrogens is 250 g/mol. The molecule has 20 heavy (non-hydrogen) atoms. The minimum Gasteiger partial charge on any atom is -0.391 e. The Kier molecular flexibility index (Phi) is 8.51. The van der Waals surface area contributed by atoms with Crippen molar-refractivity contribution in [1.29, 1.82) is 0 Å². The zero-order valence-electron chi connectivity index (χ0n) is 13.1. The third-order valence-electron chi connectivity index (χ3n) is 3.71. The van der Waals surface area contributed by atoms with Crippen LogP contribution >= 0.6 is 0 Å². The lowest BCUT2D eigenvalue weighted by Crippen LogP contribution is -2.46. The number of ether oxygens (including phenoxy) is 1. The number of nitrogens with zero attached hydrogens (tertiary/aromatic N) is 1. The van der Waals surface area contributed by atoms with E-state index in [4.69, 9.17) is 4.74 Å². The normalized spacial score (nSPS) is 14.4. The molecule has 0 amide bonds. The van der Waals surface area contributed by atoms with Gasteiger partial charge in [-0.1, -0.05) is 57.5 Å². The van der Waals surface area contributed by atoms with Gasteiger partial charge in [0.1, 0.15) is 0 Å². The Morgan fingerprint density at radius 2 is 1.75 bits per heavy atom. The molecule has 0 bridgehead atoms. The molecule has 1 aromatic carbocycles. The van der Waals surface area contributed by atoms with Crippen molar-refractivity contribution < 1.29 is 9.84 Å². The zero-order chi connectivity index (χ0) is 14.8. The van der Waals surface area contributed by atoms with Crippen LogP contribution in [0.5, 0.6) is 0 Å². The first-order valence-electron chi connectivity index (χ1n) is 7.76. The van der Waals surface area contributed by atoms with E-state index in [1.54, 1.807) is 0 Å². The molecule has 0 saturated carbocycles. The van der Waals surface area contributed by atoms with Crippen molar-refractivity contribution in [3.05, 3.63) is 35.9 Å². The Balaban J connectivity index is 2.51. The van der Waals surface area contributed by atoms with Gasteiger partial charge in [0.15, 0.2) is 0 Å². The first-order valence-corrected chi connectivity index (χ1v) is 7.76. The maximum Gasteiger partial charge on any atom is 0.0717 e. The molecule has 114 valence electrons. The molecule has 0 aliphatic carbocycles. The molecule has 0 radical (unpaired) electrons. The standard InChI is InChI=1S/C17H29NO2/c1-4-10-17(19)16(18(5-2)6-3)14-20-13-15-11-8-7-9-12-15/h7-9,11-12,16-17,19H,4-6,10,13-14H2,1-3H3/t16-,17-/m1/s1. The maximum absolute atomic E-state index is 10.3. The van der Waals surface area contributed by atoms with Crippen molar-refractivity contribution in [3.63, 3.8) is 0 Å². The number of benzene rings is 1. The maximum atomic E-state index is 10.3. The molecule has 3 nitrogen and oxygen atoms in total. The van der Waals surface area contributed by atoms with E-state index >= 15 is 0 Å². The van der Waals surface area contributed by atoms with Gasteiger partial charge in [0.25, 0.3) is 0 Å². The molecule has 0 spiro atoms. The van der Waals surface area contributed by atoms with Gasteiger partial charge in [-0.3, -0.25) is 4.90 Å². The van der Waals surface area contributed by atoms with Gasteiger partial charge in [0.05, 0.1) is 25.4 Å². The van der Waals surface area contributed by atoms with E-state index < -0.39 is 0 Å². The summed E-state index contributed by atoms with van der Waals surface area (Å²) < 4.78 is 5.83. The molecular formula is C17H29NO2. The first-order chi connectivity index (χ1) is 9.72. The quantitative estimate of drug-likeness (QED) is 0.714. The molecule has 0 fully saturated rings. The fraction of sp³-hybridized carbons (Fsp3) is 0.647. The van der Waals surface area contributed by atoms with Gasteiger partial charge in [-0.15, -0.1) is 0 Å². The zero-order valence-corrected chi connectivity index (χ0v) is 13.1. The van der Waals surface area contributed by atoms with E-state index in [1.807, 2.05) is 18.2 Å². The average Bonchev–Trinajstić information content (AvgIpc) is 2.48. The van der Waals surface area contributed by atoms with Gasteiger partial charge in [-0.2, -0.15) is 0 Å². The Morgan fingerprint density at radius 3 is 2.30 bits per heavy atom. The van der Waals surface area contributed by atoms with E-state index in [9.17, 15) is 5.11 Å². The van der Waals surface area contributed by atoms with E-state index in [0.29, 0.717) is 13.2 Å². The minimum absolute atomic E-state index is 0.0914. The lowest BCUT2D eigenvalue weighted by molar-refractivity contribution is -0.0152. The van der Waals surface area contributed by atoms with Gasteiger partial charge < -0.3 is 9.84 Å². The predicted octanol–water partition coefficient (Wildman–Crippen LogP) is 3.07. The summed E-state index contributed by atoms with van der Waals surface area (Å²) in [7, 11) is 0. The summed E-state index contributed by atoms with van der Waals surface area (Å²) in [5, 5.41) is 10.3. The fourth-order valence-electron chi connectivity index (χ4n) is 2.51. The smallest absolute Gasteiger partial charge is 0.0717 e. The van der Waals surface area contributed by atoms with Gasteiger partial charge in [-0.05, 0) is 25.1 Å². The van der Waals surface area contributed by atoms with Gasteiger partial charge in [-0.25, -0.2) is 0 Å². The lowest BCUT2D eigenvalue weighted by atomic mass is 10.1. The van der Waals surface area contributed by atoms with Crippen LogP contribution in [-0.2, 0) is 11.3 Å². The Hall–Kier alpha value is -0.900. The number of aliphatic hydroxyl groups excluding tert-OH is 1. The first kappa shape index (κ1) is 17.2. The largest absolute Gasteiger partial charge is 0.391 e. The van der Waals surface area contributed by atoms with Crippen molar-refractivity contribution in [2.24, 2.45) is 0 Å². The summed E-state index contributed by atoms with van der Waals surface area (Å²) in [4.78, 5) is 2.28. The monoisotopic (exact) mass is 279 g/mol. The topological polar surface area (TPSA) is 32.7 Å². The molecule has 0 aromatic heterocycles. The van der Waals surface area contributed by atoms with Crippen LogP contribution in [0.4, 0.5) is 0 Å². The molecule has 0 aliphatic heterocycles. The second-order valence-electron chi connectivity index (χ2n) is 5.15. The highest BCUT2D eigenvalue weighted by molar-refractivity contribution is 5.13. The van der Waals surface area contributed by atoms with Crippen molar-refractivity contribution in [2.75, 3.05) is 19.7 Å². The summed E-state index contributed by atoms with van der Waals surface area (Å²) in [6.45, 7) is 9.44. The number of aliphatic hydroxyl groups is 1. The average molecular weight is 279 g/mol. The molecule has 0 aliphatic rings. The van der Waals surface area contributed by atoms with Crippen molar-refractivity contribution >= 4 is 0 Å². The van der Waals surface area contributed by atoms with E-state index in [0.717, 1.165) is 25.9 Å². The van der Waals surface area contributed by atoms with E-state index in [2.05, 4.69) is 37.8 Å². The predicted molar refractivity (Wildman–Crippen MR) is 83.7 cm³/mol. The van der Waals surface area contributed by atoms with Crippen LogP contribution in [0.2, 0.25) is 0 Å². The third kappa shape index (κ3) is 5.61. The van der Waals surface area contributed by atoms with Crippen LogP contribution in [-0.4, -0.2) is 41.8 Å². The molecule has 2 atom stereocenters.